The molecule has 2 saturated heterocycles. The molecule has 0 N–H and O–H groups in total. The second-order valence-electron chi connectivity index (χ2n) is 11.1. The van der Waals surface area contributed by atoms with Crippen LogP contribution in [-0.2, 0) is 21.4 Å². The summed E-state index contributed by atoms with van der Waals surface area (Å²) in [6.07, 6.45) is 6.98. The van der Waals surface area contributed by atoms with E-state index in [2.05, 4.69) is 13.8 Å². The van der Waals surface area contributed by atoms with Gasteiger partial charge < -0.3 is 4.90 Å². The third-order valence-corrected chi connectivity index (χ3v) is 11.4. The van der Waals surface area contributed by atoms with Crippen molar-refractivity contribution in [3.05, 3.63) is 77.9 Å². The van der Waals surface area contributed by atoms with Crippen LogP contribution in [0.3, 0.4) is 0 Å². The average Bonchev–Trinajstić information content (AvgIpc) is 3.30. The van der Waals surface area contributed by atoms with Gasteiger partial charge in [-0.1, -0.05) is 86.7 Å². The Balaban J connectivity index is 1.36. The van der Waals surface area contributed by atoms with Gasteiger partial charge in [-0.3, -0.25) is 4.79 Å². The molecule has 5 unspecified atom stereocenters. The van der Waals surface area contributed by atoms with E-state index in [0.717, 1.165) is 30.4 Å². The number of nitrogens with zero attached hydrogens (tertiary/aromatic N) is 2. The van der Waals surface area contributed by atoms with Gasteiger partial charge in [0.25, 0.3) is 0 Å². The Labute approximate surface area is 202 Å². The molecular weight excluding hydrogens is 444 g/mol. The first-order valence-electron chi connectivity index (χ1n) is 12.3. The quantitative estimate of drug-likeness (QED) is 0.604. The van der Waals surface area contributed by atoms with Crippen molar-refractivity contribution in [2.45, 2.75) is 57.8 Å². The summed E-state index contributed by atoms with van der Waals surface area (Å²) >= 11 is 0. The minimum Gasteiger partial charge on any atom is -0.328 e. The Kier molecular flexibility index (Phi) is 4.88. The van der Waals surface area contributed by atoms with Crippen LogP contribution in [0.15, 0.2) is 66.7 Å². The van der Waals surface area contributed by atoms with E-state index >= 15 is 0 Å². The average molecular weight is 477 g/mol. The van der Waals surface area contributed by atoms with Crippen molar-refractivity contribution in [2.24, 2.45) is 16.7 Å². The van der Waals surface area contributed by atoms with Gasteiger partial charge in [-0.05, 0) is 41.7 Å². The van der Waals surface area contributed by atoms with Crippen molar-refractivity contribution in [1.29, 1.82) is 0 Å². The van der Waals surface area contributed by atoms with E-state index in [1.807, 2.05) is 77.7 Å². The molecule has 1 amide bonds. The van der Waals surface area contributed by atoms with Gasteiger partial charge in [-0.2, -0.15) is 4.31 Å². The van der Waals surface area contributed by atoms with E-state index < -0.39 is 16.1 Å². The standard InChI is InChI=1S/C28H32N2O3S/c1-27(2)22-15-16-28(27)19-34(32,33)30(24(28)17-22)25-23(14-13-20-9-5-3-6-10-20)29(26(25)31)18-21-11-7-4-8-12-21/h3-14,22-25H,15-19H2,1-2H3/b14-13+. The molecule has 5 atom stereocenters. The molecule has 6 rings (SSSR count). The number of sulfonamides is 1. The highest BCUT2D eigenvalue weighted by Crippen LogP contribution is 2.70. The summed E-state index contributed by atoms with van der Waals surface area (Å²) in [5, 5.41) is 0. The third kappa shape index (κ3) is 3.01. The lowest BCUT2D eigenvalue weighted by molar-refractivity contribution is -0.155. The number of likely N-dealkylation sites (tertiary alicyclic amines) is 1. The Morgan fingerprint density at radius 1 is 1.03 bits per heavy atom. The van der Waals surface area contributed by atoms with Crippen molar-refractivity contribution in [1.82, 2.24) is 9.21 Å². The van der Waals surface area contributed by atoms with E-state index in [4.69, 9.17) is 0 Å². The van der Waals surface area contributed by atoms with Gasteiger partial charge in [0.2, 0.25) is 15.9 Å². The molecule has 0 aromatic heterocycles. The molecular formula is C28H32N2O3S. The van der Waals surface area contributed by atoms with Gasteiger partial charge in [0.1, 0.15) is 6.04 Å². The van der Waals surface area contributed by atoms with E-state index in [9.17, 15) is 13.2 Å². The first-order valence-corrected chi connectivity index (χ1v) is 13.9. The molecule has 2 saturated carbocycles. The van der Waals surface area contributed by atoms with Gasteiger partial charge in [0.15, 0.2) is 0 Å². The Bertz CT molecular complexity index is 1240. The lowest BCUT2D eigenvalue weighted by atomic mass is 9.68. The zero-order valence-electron chi connectivity index (χ0n) is 19.8. The van der Waals surface area contributed by atoms with Gasteiger partial charge in [-0.25, -0.2) is 8.42 Å². The summed E-state index contributed by atoms with van der Waals surface area (Å²) in [4.78, 5) is 15.4. The fourth-order valence-electron chi connectivity index (χ4n) is 7.44. The number of hydrogen-bond donors (Lipinski definition) is 0. The lowest BCUT2D eigenvalue weighted by Gasteiger charge is -2.51. The second-order valence-corrected chi connectivity index (χ2v) is 13.0. The fraction of sp³-hybridized carbons (Fsp3) is 0.464. The largest absolute Gasteiger partial charge is 0.328 e. The number of carbonyl (C=O) groups excluding carboxylic acids is 1. The normalized spacial score (nSPS) is 35.6. The van der Waals surface area contributed by atoms with Gasteiger partial charge >= 0.3 is 0 Å². The van der Waals surface area contributed by atoms with Crippen LogP contribution in [0.4, 0.5) is 0 Å². The van der Waals surface area contributed by atoms with Crippen LogP contribution in [0.5, 0.6) is 0 Å². The highest BCUT2D eigenvalue weighted by atomic mass is 32.2. The number of rotatable bonds is 5. The molecule has 2 aliphatic heterocycles. The van der Waals surface area contributed by atoms with Crippen LogP contribution in [0, 0.1) is 16.7 Å². The third-order valence-electron chi connectivity index (χ3n) is 9.43. The van der Waals surface area contributed by atoms with E-state index in [1.54, 1.807) is 4.31 Å². The first-order chi connectivity index (χ1) is 16.2. The molecule has 1 spiro atoms. The molecule has 2 aromatic carbocycles. The van der Waals surface area contributed by atoms with Crippen molar-refractivity contribution < 1.29 is 13.2 Å². The summed E-state index contributed by atoms with van der Waals surface area (Å²) in [5.74, 6) is 0.642. The summed E-state index contributed by atoms with van der Waals surface area (Å²) in [6.45, 7) is 4.99. The monoisotopic (exact) mass is 476 g/mol. The zero-order chi connectivity index (χ0) is 23.7. The van der Waals surface area contributed by atoms with Crippen LogP contribution >= 0.6 is 0 Å². The molecule has 6 heteroatoms. The van der Waals surface area contributed by atoms with Crippen LogP contribution < -0.4 is 0 Å². The van der Waals surface area contributed by atoms with Crippen molar-refractivity contribution >= 4 is 22.0 Å². The van der Waals surface area contributed by atoms with E-state index in [1.165, 1.54) is 0 Å². The van der Waals surface area contributed by atoms with Crippen LogP contribution in [0.1, 0.15) is 44.2 Å². The van der Waals surface area contributed by atoms with Crippen molar-refractivity contribution in [3.63, 3.8) is 0 Å². The topological polar surface area (TPSA) is 57.7 Å². The lowest BCUT2D eigenvalue weighted by Crippen LogP contribution is -2.71. The van der Waals surface area contributed by atoms with Crippen LogP contribution in [0.2, 0.25) is 0 Å². The molecule has 178 valence electrons. The molecule has 2 heterocycles. The maximum absolute atomic E-state index is 13.6. The minimum absolute atomic E-state index is 0.00855. The highest BCUT2D eigenvalue weighted by Gasteiger charge is 2.74. The molecule has 2 aromatic rings. The Hall–Kier alpha value is -2.44. The van der Waals surface area contributed by atoms with Crippen molar-refractivity contribution in [2.75, 3.05) is 5.75 Å². The molecule has 2 aliphatic carbocycles. The van der Waals surface area contributed by atoms with Crippen molar-refractivity contribution in [3.8, 4) is 0 Å². The number of β-lactam (4-membered cyclic amide) rings is 1. The van der Waals surface area contributed by atoms with Gasteiger partial charge in [-0.15, -0.1) is 0 Å². The predicted octanol–water partition coefficient (Wildman–Crippen LogP) is 4.32. The molecule has 4 fully saturated rings. The van der Waals surface area contributed by atoms with Crippen LogP contribution in [-0.4, -0.2) is 47.4 Å². The Morgan fingerprint density at radius 3 is 2.38 bits per heavy atom. The summed E-state index contributed by atoms with van der Waals surface area (Å²) in [6, 6.07) is 18.9. The molecule has 34 heavy (non-hydrogen) atoms. The maximum atomic E-state index is 13.6. The number of benzene rings is 2. The number of amides is 1. The smallest absolute Gasteiger partial charge is 0.244 e. The number of hydrogen-bond acceptors (Lipinski definition) is 3. The molecule has 5 nitrogen and oxygen atoms in total. The maximum Gasteiger partial charge on any atom is 0.244 e. The summed E-state index contributed by atoms with van der Waals surface area (Å²) in [5.41, 5.74) is 1.85. The molecule has 0 radical (unpaired) electrons. The summed E-state index contributed by atoms with van der Waals surface area (Å²) < 4.78 is 28.9. The zero-order valence-corrected chi connectivity index (χ0v) is 20.6. The second kappa shape index (κ2) is 7.53. The number of fused-ring (bicyclic) bond motifs is 1. The fourth-order valence-corrected chi connectivity index (χ4v) is 10.2. The number of carbonyl (C=O) groups is 1. The molecule has 2 bridgehead atoms. The van der Waals surface area contributed by atoms with E-state index in [0.29, 0.717) is 12.5 Å². The first kappa shape index (κ1) is 22.1. The predicted molar refractivity (Wildman–Crippen MR) is 133 cm³/mol. The SMILES string of the molecule is CC1(C)C2CCC13CS(=O)(=O)N(C1C(=O)N(Cc4ccccc4)C1/C=C/c1ccccc1)C3C2. The van der Waals surface area contributed by atoms with Gasteiger partial charge in [0.05, 0.1) is 11.8 Å². The van der Waals surface area contributed by atoms with Crippen LogP contribution in [0.25, 0.3) is 6.08 Å². The van der Waals surface area contributed by atoms with Gasteiger partial charge in [0, 0.05) is 18.0 Å². The Morgan fingerprint density at radius 2 is 1.71 bits per heavy atom. The summed E-state index contributed by atoms with van der Waals surface area (Å²) in [7, 11) is -3.51. The van der Waals surface area contributed by atoms with E-state index in [-0.39, 0.29) is 34.6 Å². The highest BCUT2D eigenvalue weighted by molar-refractivity contribution is 7.89. The minimum atomic E-state index is -3.51. The molecule has 4 aliphatic rings.